The molecule has 20 heavy (non-hydrogen) atoms. The minimum atomic E-state index is -0.773. The molecule has 2 rings (SSSR count). The molecule has 106 valence electrons. The average molecular weight is 275 g/mol. The van der Waals surface area contributed by atoms with Gasteiger partial charge in [-0.05, 0) is 43.4 Å². The van der Waals surface area contributed by atoms with Crippen molar-refractivity contribution in [2.75, 3.05) is 0 Å². The standard InChI is InChI=1S/C16H18FNO2/c1-11-8-12(10-16(2,3)9-11)18-20-15(19)13-6-4-5-7-14(13)17/h4-8H,9-10H2,1-3H3. The number of allylic oxidation sites excluding steroid dienone is 2. The first-order valence-corrected chi connectivity index (χ1v) is 6.57. The zero-order valence-electron chi connectivity index (χ0n) is 11.9. The van der Waals surface area contributed by atoms with Crippen LogP contribution in [0.25, 0.3) is 0 Å². The summed E-state index contributed by atoms with van der Waals surface area (Å²) in [7, 11) is 0. The van der Waals surface area contributed by atoms with Crippen molar-refractivity contribution in [1.29, 1.82) is 0 Å². The topological polar surface area (TPSA) is 38.7 Å². The quantitative estimate of drug-likeness (QED) is 0.602. The van der Waals surface area contributed by atoms with Crippen molar-refractivity contribution in [3.63, 3.8) is 0 Å². The zero-order valence-corrected chi connectivity index (χ0v) is 11.9. The molecule has 0 aliphatic heterocycles. The van der Waals surface area contributed by atoms with Gasteiger partial charge in [0, 0.05) is 0 Å². The Morgan fingerprint density at radius 2 is 2.00 bits per heavy atom. The van der Waals surface area contributed by atoms with E-state index in [1.54, 1.807) is 6.07 Å². The van der Waals surface area contributed by atoms with Gasteiger partial charge in [-0.1, -0.05) is 36.7 Å². The number of oxime groups is 1. The fourth-order valence-corrected chi connectivity index (χ4v) is 2.53. The van der Waals surface area contributed by atoms with E-state index >= 15 is 0 Å². The summed E-state index contributed by atoms with van der Waals surface area (Å²) in [5.74, 6) is -1.38. The Hall–Kier alpha value is -1.97. The fraction of sp³-hybridized carbons (Fsp3) is 0.375. The molecule has 1 aliphatic rings. The van der Waals surface area contributed by atoms with Crippen LogP contribution in [0.2, 0.25) is 0 Å². The highest BCUT2D eigenvalue weighted by Crippen LogP contribution is 2.33. The van der Waals surface area contributed by atoms with Crippen molar-refractivity contribution in [3.05, 3.63) is 47.3 Å². The fourth-order valence-electron chi connectivity index (χ4n) is 2.53. The maximum absolute atomic E-state index is 13.4. The first kappa shape index (κ1) is 14.4. The van der Waals surface area contributed by atoms with Gasteiger partial charge >= 0.3 is 5.97 Å². The van der Waals surface area contributed by atoms with E-state index in [1.165, 1.54) is 23.8 Å². The molecule has 4 heteroatoms. The van der Waals surface area contributed by atoms with Gasteiger partial charge in [0.25, 0.3) is 0 Å². The van der Waals surface area contributed by atoms with E-state index in [0.29, 0.717) is 5.71 Å². The Bertz CT molecular complexity index is 588. The van der Waals surface area contributed by atoms with E-state index in [-0.39, 0.29) is 11.0 Å². The van der Waals surface area contributed by atoms with E-state index < -0.39 is 11.8 Å². The van der Waals surface area contributed by atoms with E-state index in [2.05, 4.69) is 19.0 Å². The lowest BCUT2D eigenvalue weighted by molar-refractivity contribution is 0.0509. The second kappa shape index (κ2) is 5.57. The number of hydrogen-bond acceptors (Lipinski definition) is 3. The number of carbonyl (C=O) groups is 1. The summed E-state index contributed by atoms with van der Waals surface area (Å²) in [4.78, 5) is 16.6. The van der Waals surface area contributed by atoms with Gasteiger partial charge < -0.3 is 4.84 Å². The zero-order chi connectivity index (χ0) is 14.8. The highest BCUT2D eigenvalue weighted by atomic mass is 19.1. The third-order valence-corrected chi connectivity index (χ3v) is 3.17. The summed E-state index contributed by atoms with van der Waals surface area (Å²) in [5.41, 5.74) is 1.90. The van der Waals surface area contributed by atoms with Crippen LogP contribution in [-0.4, -0.2) is 11.7 Å². The Kier molecular flexibility index (Phi) is 4.02. The normalized spacial score (nSPS) is 19.6. The van der Waals surface area contributed by atoms with E-state index in [0.717, 1.165) is 12.8 Å². The minimum absolute atomic E-state index is 0.0993. The highest BCUT2D eigenvalue weighted by molar-refractivity contribution is 5.97. The van der Waals surface area contributed by atoms with Gasteiger partial charge in [-0.3, -0.25) is 0 Å². The average Bonchev–Trinajstić information content (AvgIpc) is 2.34. The number of nitrogens with zero attached hydrogens (tertiary/aromatic N) is 1. The van der Waals surface area contributed by atoms with Gasteiger partial charge in [0.2, 0.25) is 0 Å². The number of benzene rings is 1. The first-order valence-electron chi connectivity index (χ1n) is 6.57. The molecule has 1 aromatic carbocycles. The van der Waals surface area contributed by atoms with Gasteiger partial charge in [-0.25, -0.2) is 9.18 Å². The molecule has 1 aliphatic carbocycles. The molecule has 0 amide bonds. The smallest absolute Gasteiger partial charge is 0.312 e. The monoisotopic (exact) mass is 275 g/mol. The lowest BCUT2D eigenvalue weighted by atomic mass is 9.77. The summed E-state index contributed by atoms with van der Waals surface area (Å²) in [6, 6.07) is 5.70. The third kappa shape index (κ3) is 3.53. The van der Waals surface area contributed by atoms with Crippen molar-refractivity contribution in [2.45, 2.75) is 33.6 Å². The Labute approximate surface area is 118 Å². The van der Waals surface area contributed by atoms with E-state index in [4.69, 9.17) is 4.84 Å². The molecule has 0 unspecified atom stereocenters. The molecular weight excluding hydrogens is 257 g/mol. The Morgan fingerprint density at radius 1 is 1.30 bits per heavy atom. The molecule has 0 fully saturated rings. The SMILES string of the molecule is CC1=CC(=NOC(=O)c2ccccc2F)CC(C)(C)C1. The van der Waals surface area contributed by atoms with Crippen LogP contribution in [0.3, 0.4) is 0 Å². The molecule has 0 bridgehead atoms. The Balaban J connectivity index is 2.12. The molecule has 0 saturated heterocycles. The number of rotatable bonds is 2. The second-order valence-electron chi connectivity index (χ2n) is 5.95. The summed E-state index contributed by atoms with van der Waals surface area (Å²) in [5, 5.41) is 3.87. The molecule has 1 aromatic rings. The molecule has 0 radical (unpaired) electrons. The van der Waals surface area contributed by atoms with Crippen molar-refractivity contribution in [3.8, 4) is 0 Å². The van der Waals surface area contributed by atoms with E-state index in [9.17, 15) is 9.18 Å². The minimum Gasteiger partial charge on any atom is -0.312 e. The van der Waals surface area contributed by atoms with Crippen LogP contribution in [0.5, 0.6) is 0 Å². The molecule has 0 aromatic heterocycles. The molecule has 0 heterocycles. The molecule has 3 nitrogen and oxygen atoms in total. The Morgan fingerprint density at radius 3 is 2.65 bits per heavy atom. The van der Waals surface area contributed by atoms with Crippen LogP contribution in [-0.2, 0) is 4.84 Å². The lowest BCUT2D eigenvalue weighted by Gasteiger charge is -2.28. The number of halogens is 1. The maximum Gasteiger partial charge on any atom is 0.368 e. The molecule has 0 atom stereocenters. The predicted octanol–water partition coefficient (Wildman–Crippen LogP) is 4.10. The first-order chi connectivity index (χ1) is 9.37. The molecule has 0 spiro atoms. The third-order valence-electron chi connectivity index (χ3n) is 3.17. The summed E-state index contributed by atoms with van der Waals surface area (Å²) in [6.45, 7) is 6.30. The number of carbonyl (C=O) groups excluding carboxylic acids is 1. The summed E-state index contributed by atoms with van der Waals surface area (Å²) in [6.07, 6.45) is 3.64. The molecular formula is C16H18FNO2. The van der Waals surface area contributed by atoms with Gasteiger partial charge in [0.05, 0.1) is 11.3 Å². The largest absolute Gasteiger partial charge is 0.368 e. The number of hydrogen-bond donors (Lipinski definition) is 0. The maximum atomic E-state index is 13.4. The van der Waals surface area contributed by atoms with Gasteiger partial charge in [0.15, 0.2) is 0 Å². The van der Waals surface area contributed by atoms with Gasteiger partial charge in [-0.2, -0.15) is 0 Å². The van der Waals surface area contributed by atoms with Crippen LogP contribution in [0.4, 0.5) is 4.39 Å². The van der Waals surface area contributed by atoms with Crippen molar-refractivity contribution >= 4 is 11.7 Å². The predicted molar refractivity (Wildman–Crippen MR) is 76.0 cm³/mol. The van der Waals surface area contributed by atoms with Crippen LogP contribution in [0, 0.1) is 11.2 Å². The highest BCUT2D eigenvalue weighted by Gasteiger charge is 2.25. The second-order valence-corrected chi connectivity index (χ2v) is 5.95. The van der Waals surface area contributed by atoms with Gasteiger partial charge in [0.1, 0.15) is 5.82 Å². The van der Waals surface area contributed by atoms with Crippen molar-refractivity contribution < 1.29 is 14.0 Å². The summed E-state index contributed by atoms with van der Waals surface area (Å²) < 4.78 is 13.4. The van der Waals surface area contributed by atoms with Crippen LogP contribution in [0.15, 0.2) is 41.1 Å². The lowest BCUT2D eigenvalue weighted by Crippen LogP contribution is -2.21. The van der Waals surface area contributed by atoms with Crippen molar-refractivity contribution in [1.82, 2.24) is 0 Å². The van der Waals surface area contributed by atoms with Crippen LogP contribution < -0.4 is 0 Å². The summed E-state index contributed by atoms with van der Waals surface area (Å²) >= 11 is 0. The van der Waals surface area contributed by atoms with Crippen LogP contribution in [0.1, 0.15) is 44.0 Å². The van der Waals surface area contributed by atoms with Crippen LogP contribution >= 0.6 is 0 Å². The van der Waals surface area contributed by atoms with E-state index in [1.807, 2.05) is 13.0 Å². The molecule has 0 saturated carbocycles. The molecule has 0 N–H and O–H groups in total. The van der Waals surface area contributed by atoms with Crippen molar-refractivity contribution in [2.24, 2.45) is 10.6 Å². The van der Waals surface area contributed by atoms with Gasteiger partial charge in [-0.15, -0.1) is 0 Å².